The van der Waals surface area contributed by atoms with Crippen molar-refractivity contribution in [2.75, 3.05) is 7.11 Å². The summed E-state index contributed by atoms with van der Waals surface area (Å²) in [5.74, 6) is 0.737. The van der Waals surface area contributed by atoms with Gasteiger partial charge in [-0.15, -0.1) is 0 Å². The van der Waals surface area contributed by atoms with Crippen LogP contribution in [-0.4, -0.2) is 23.4 Å². The highest BCUT2D eigenvalue weighted by Gasteiger charge is 2.12. The van der Waals surface area contributed by atoms with E-state index in [-0.39, 0.29) is 11.6 Å². The fourth-order valence-electron chi connectivity index (χ4n) is 2.13. The summed E-state index contributed by atoms with van der Waals surface area (Å²) in [6, 6.07) is 15.0. The molecule has 0 saturated carbocycles. The number of ether oxygens (including phenoxy) is 1. The first-order valence-corrected chi connectivity index (χ1v) is 7.10. The average molecular weight is 308 g/mol. The third-order valence-corrected chi connectivity index (χ3v) is 3.29. The largest absolute Gasteiger partial charge is 0.497 e. The van der Waals surface area contributed by atoms with Gasteiger partial charge in [0.2, 0.25) is 5.89 Å². The van der Waals surface area contributed by atoms with Crippen LogP contribution in [0.4, 0.5) is 5.69 Å². The lowest BCUT2D eigenvalue weighted by Gasteiger charge is -2.00. The lowest BCUT2D eigenvalue weighted by molar-refractivity contribution is 0.336. The lowest BCUT2D eigenvalue weighted by Crippen LogP contribution is -1.85. The first-order valence-electron chi connectivity index (χ1n) is 7.10. The summed E-state index contributed by atoms with van der Waals surface area (Å²) in [5.41, 5.74) is 2.90. The van der Waals surface area contributed by atoms with E-state index in [2.05, 4.69) is 9.98 Å². The Morgan fingerprint density at radius 1 is 1.17 bits per heavy atom. The highest BCUT2D eigenvalue weighted by atomic mass is 16.5. The molecule has 0 saturated heterocycles. The predicted molar refractivity (Wildman–Crippen MR) is 88.6 cm³/mol. The molecule has 0 unspecified atom stereocenters. The van der Waals surface area contributed by atoms with Crippen LogP contribution in [0.1, 0.15) is 11.3 Å². The van der Waals surface area contributed by atoms with Crippen molar-refractivity contribution in [2.45, 2.75) is 6.92 Å². The summed E-state index contributed by atoms with van der Waals surface area (Å²) in [6.45, 7) is 1.99. The summed E-state index contributed by atoms with van der Waals surface area (Å²) in [7, 11) is 1.59. The fourth-order valence-corrected chi connectivity index (χ4v) is 2.13. The van der Waals surface area contributed by atoms with Gasteiger partial charge in [-0.05, 0) is 42.8 Å². The molecule has 3 aromatic rings. The Morgan fingerprint density at radius 3 is 2.78 bits per heavy atom. The van der Waals surface area contributed by atoms with Gasteiger partial charge < -0.3 is 14.3 Å². The lowest BCUT2D eigenvalue weighted by atomic mass is 10.2. The molecule has 1 heterocycles. The topological polar surface area (TPSA) is 67.9 Å². The van der Waals surface area contributed by atoms with E-state index in [1.165, 1.54) is 6.21 Å². The van der Waals surface area contributed by atoms with Gasteiger partial charge in [-0.25, -0.2) is 4.98 Å². The maximum Gasteiger partial charge on any atom is 0.312 e. The first-order chi connectivity index (χ1) is 11.2. The number of rotatable bonds is 4. The summed E-state index contributed by atoms with van der Waals surface area (Å²) in [5, 5.41) is 9.90. The van der Waals surface area contributed by atoms with Crippen molar-refractivity contribution in [3.63, 3.8) is 0 Å². The van der Waals surface area contributed by atoms with Crippen LogP contribution in [0.3, 0.4) is 0 Å². The van der Waals surface area contributed by atoms with Crippen molar-refractivity contribution in [3.05, 3.63) is 59.8 Å². The molecule has 0 aliphatic rings. The molecule has 5 heteroatoms. The number of oxazole rings is 1. The second kappa shape index (κ2) is 6.36. The summed E-state index contributed by atoms with van der Waals surface area (Å²) in [6.07, 6.45) is 1.48. The highest BCUT2D eigenvalue weighted by Crippen LogP contribution is 2.28. The molecule has 1 aromatic heterocycles. The minimum Gasteiger partial charge on any atom is -0.497 e. The third kappa shape index (κ3) is 3.40. The Hall–Kier alpha value is -3.08. The normalized spacial score (nSPS) is 11.0. The fraction of sp³-hybridized carbons (Fsp3) is 0.111. The van der Waals surface area contributed by atoms with Gasteiger partial charge in [0.15, 0.2) is 5.69 Å². The van der Waals surface area contributed by atoms with Crippen molar-refractivity contribution in [2.24, 2.45) is 4.99 Å². The molecular weight excluding hydrogens is 292 g/mol. The first kappa shape index (κ1) is 14.8. The quantitative estimate of drug-likeness (QED) is 0.736. The van der Waals surface area contributed by atoms with Crippen LogP contribution in [0.25, 0.3) is 11.5 Å². The molecule has 0 fully saturated rings. The molecule has 0 aliphatic heterocycles. The van der Waals surface area contributed by atoms with Crippen molar-refractivity contribution >= 4 is 11.9 Å². The van der Waals surface area contributed by atoms with E-state index in [4.69, 9.17) is 9.15 Å². The predicted octanol–water partition coefficient (Wildman–Crippen LogP) is 4.11. The number of hydrogen-bond acceptors (Lipinski definition) is 5. The van der Waals surface area contributed by atoms with Crippen molar-refractivity contribution in [1.29, 1.82) is 0 Å². The van der Waals surface area contributed by atoms with Gasteiger partial charge in [0.05, 0.1) is 19.0 Å². The van der Waals surface area contributed by atoms with E-state index in [0.717, 1.165) is 16.8 Å². The molecule has 0 spiro atoms. The molecular formula is C18H16N2O3. The van der Waals surface area contributed by atoms with Crippen LogP contribution < -0.4 is 4.74 Å². The average Bonchev–Trinajstić information content (AvgIpc) is 2.94. The standard InChI is InChI=1S/C18H16N2O3/c1-12-5-3-7-14(9-12)19-11-16-18(21)23-17(20-16)13-6-4-8-15(10-13)22-2/h3-11,21H,1-2H3. The molecule has 0 aliphatic carbocycles. The van der Waals surface area contributed by atoms with E-state index in [1.54, 1.807) is 13.2 Å². The Morgan fingerprint density at radius 2 is 2.00 bits per heavy atom. The Kier molecular flexibility index (Phi) is 4.10. The second-order valence-corrected chi connectivity index (χ2v) is 5.04. The van der Waals surface area contributed by atoms with E-state index in [9.17, 15) is 5.11 Å². The number of aromatic nitrogens is 1. The Labute approximate surface area is 133 Å². The van der Waals surface area contributed by atoms with Gasteiger partial charge in [-0.2, -0.15) is 0 Å². The van der Waals surface area contributed by atoms with E-state index in [0.29, 0.717) is 11.6 Å². The molecule has 116 valence electrons. The minimum absolute atomic E-state index is 0.265. The number of nitrogens with zero attached hydrogens (tertiary/aromatic N) is 2. The number of hydrogen-bond donors (Lipinski definition) is 1. The zero-order valence-electron chi connectivity index (χ0n) is 12.9. The molecule has 0 amide bonds. The zero-order valence-corrected chi connectivity index (χ0v) is 12.9. The maximum absolute atomic E-state index is 9.90. The number of benzene rings is 2. The SMILES string of the molecule is COc1cccc(-c2nc(C=Nc3cccc(C)c3)c(O)o2)c1. The number of aromatic hydroxyl groups is 1. The van der Waals surface area contributed by atoms with E-state index >= 15 is 0 Å². The molecule has 0 radical (unpaired) electrons. The number of aryl methyl sites for hydroxylation is 1. The smallest absolute Gasteiger partial charge is 0.312 e. The van der Waals surface area contributed by atoms with Gasteiger partial charge in [0.25, 0.3) is 0 Å². The second-order valence-electron chi connectivity index (χ2n) is 5.04. The Balaban J connectivity index is 1.89. The summed E-state index contributed by atoms with van der Waals surface area (Å²) in [4.78, 5) is 8.58. The van der Waals surface area contributed by atoms with E-state index < -0.39 is 0 Å². The molecule has 2 aromatic carbocycles. The minimum atomic E-state index is -0.265. The summed E-state index contributed by atoms with van der Waals surface area (Å²) >= 11 is 0. The monoisotopic (exact) mass is 308 g/mol. The van der Waals surface area contributed by atoms with Crippen molar-refractivity contribution in [3.8, 4) is 23.1 Å². The van der Waals surface area contributed by atoms with Gasteiger partial charge in [0, 0.05) is 5.56 Å². The van der Waals surface area contributed by atoms with Crippen LogP contribution in [-0.2, 0) is 0 Å². The number of methoxy groups -OCH3 is 1. The molecule has 0 bridgehead atoms. The summed E-state index contributed by atoms with van der Waals surface area (Å²) < 4.78 is 10.5. The van der Waals surface area contributed by atoms with E-state index in [1.807, 2.05) is 49.4 Å². The molecule has 3 rings (SSSR count). The van der Waals surface area contributed by atoms with Crippen LogP contribution in [0.5, 0.6) is 11.7 Å². The maximum atomic E-state index is 9.90. The van der Waals surface area contributed by atoms with Crippen LogP contribution >= 0.6 is 0 Å². The molecule has 0 atom stereocenters. The molecule has 5 nitrogen and oxygen atoms in total. The highest BCUT2D eigenvalue weighted by molar-refractivity contribution is 5.83. The van der Waals surface area contributed by atoms with Gasteiger partial charge in [-0.1, -0.05) is 18.2 Å². The van der Waals surface area contributed by atoms with Crippen LogP contribution in [0.2, 0.25) is 0 Å². The van der Waals surface area contributed by atoms with Gasteiger partial charge in [0.1, 0.15) is 5.75 Å². The number of aliphatic imine (C=N–C) groups is 1. The zero-order chi connectivity index (χ0) is 16.2. The van der Waals surface area contributed by atoms with Crippen LogP contribution in [0, 0.1) is 6.92 Å². The Bertz CT molecular complexity index is 853. The molecule has 23 heavy (non-hydrogen) atoms. The van der Waals surface area contributed by atoms with Crippen molar-refractivity contribution < 1.29 is 14.3 Å². The van der Waals surface area contributed by atoms with Gasteiger partial charge >= 0.3 is 5.95 Å². The molecule has 1 N–H and O–H groups in total. The van der Waals surface area contributed by atoms with Crippen LogP contribution in [0.15, 0.2) is 57.9 Å². The third-order valence-electron chi connectivity index (χ3n) is 3.29. The van der Waals surface area contributed by atoms with Gasteiger partial charge in [-0.3, -0.25) is 4.99 Å². The van der Waals surface area contributed by atoms with Crippen molar-refractivity contribution in [1.82, 2.24) is 4.98 Å².